The van der Waals surface area contributed by atoms with Gasteiger partial charge in [0, 0.05) is 22.7 Å². The molecular weight excluding hydrogens is 265 g/mol. The van der Waals surface area contributed by atoms with E-state index < -0.39 is 0 Å². The zero-order chi connectivity index (χ0) is 14.0. The Hall–Kier alpha value is -1.58. The van der Waals surface area contributed by atoms with Crippen molar-refractivity contribution in [3.8, 4) is 16.9 Å². The summed E-state index contributed by atoms with van der Waals surface area (Å²) in [6.45, 7) is 1.86. The molecule has 100 valence electrons. The number of benzene rings is 2. The standard InChI is InChI=1S/C15H15ClFNO/c1-9(18)12-5-3-10(7-14(12)16)13-6-4-11(19-2)8-15(13)17/h3-9H,18H2,1-2H3. The van der Waals surface area contributed by atoms with E-state index in [9.17, 15) is 4.39 Å². The lowest BCUT2D eigenvalue weighted by Crippen LogP contribution is -2.05. The molecule has 2 aromatic carbocycles. The first-order chi connectivity index (χ1) is 9.02. The molecule has 2 aromatic rings. The summed E-state index contributed by atoms with van der Waals surface area (Å²) in [7, 11) is 1.50. The van der Waals surface area contributed by atoms with Crippen molar-refractivity contribution in [3.63, 3.8) is 0 Å². The van der Waals surface area contributed by atoms with Crippen LogP contribution in [0.2, 0.25) is 5.02 Å². The SMILES string of the molecule is COc1ccc(-c2ccc(C(C)N)c(Cl)c2)c(F)c1. The van der Waals surface area contributed by atoms with Crippen LogP contribution in [0.5, 0.6) is 5.75 Å². The molecule has 4 heteroatoms. The molecule has 2 rings (SSSR count). The highest BCUT2D eigenvalue weighted by Gasteiger charge is 2.10. The number of hydrogen-bond donors (Lipinski definition) is 1. The molecule has 0 aliphatic heterocycles. The van der Waals surface area contributed by atoms with Gasteiger partial charge in [-0.05, 0) is 36.2 Å². The minimum atomic E-state index is -0.344. The Morgan fingerprint density at radius 3 is 2.47 bits per heavy atom. The topological polar surface area (TPSA) is 35.2 Å². The normalized spacial score (nSPS) is 12.3. The fourth-order valence-corrected chi connectivity index (χ4v) is 2.27. The van der Waals surface area contributed by atoms with Crippen LogP contribution < -0.4 is 10.5 Å². The van der Waals surface area contributed by atoms with Gasteiger partial charge < -0.3 is 10.5 Å². The van der Waals surface area contributed by atoms with E-state index >= 15 is 0 Å². The summed E-state index contributed by atoms with van der Waals surface area (Å²) in [4.78, 5) is 0. The molecule has 0 radical (unpaired) electrons. The van der Waals surface area contributed by atoms with Crippen molar-refractivity contribution < 1.29 is 9.13 Å². The number of rotatable bonds is 3. The Labute approximate surface area is 117 Å². The molecule has 0 heterocycles. The first-order valence-corrected chi connectivity index (χ1v) is 6.29. The Bertz CT molecular complexity index is 599. The molecule has 1 atom stereocenters. The molecule has 2 N–H and O–H groups in total. The molecule has 0 aliphatic rings. The summed E-state index contributed by atoms with van der Waals surface area (Å²) in [5.41, 5.74) is 7.84. The van der Waals surface area contributed by atoms with E-state index in [1.165, 1.54) is 13.2 Å². The maximum Gasteiger partial charge on any atom is 0.134 e. The summed E-state index contributed by atoms with van der Waals surface area (Å²) in [5, 5.41) is 0.544. The van der Waals surface area contributed by atoms with Gasteiger partial charge in [-0.15, -0.1) is 0 Å². The first-order valence-electron chi connectivity index (χ1n) is 5.92. The molecule has 0 saturated heterocycles. The third-order valence-electron chi connectivity index (χ3n) is 2.98. The van der Waals surface area contributed by atoms with Gasteiger partial charge in [-0.2, -0.15) is 0 Å². The Morgan fingerprint density at radius 1 is 1.21 bits per heavy atom. The number of nitrogens with two attached hydrogens (primary N) is 1. The summed E-state index contributed by atoms with van der Waals surface area (Å²) >= 11 is 6.16. The van der Waals surface area contributed by atoms with E-state index in [0.717, 1.165) is 11.1 Å². The summed E-state index contributed by atoms with van der Waals surface area (Å²) in [5.74, 6) is 0.142. The van der Waals surface area contributed by atoms with E-state index in [-0.39, 0.29) is 11.9 Å². The number of halogens is 2. The second-order valence-corrected chi connectivity index (χ2v) is 4.78. The quantitative estimate of drug-likeness (QED) is 0.915. The number of methoxy groups -OCH3 is 1. The van der Waals surface area contributed by atoms with Crippen molar-refractivity contribution in [1.82, 2.24) is 0 Å². The zero-order valence-corrected chi connectivity index (χ0v) is 11.5. The van der Waals surface area contributed by atoms with Gasteiger partial charge in [0.15, 0.2) is 0 Å². The monoisotopic (exact) mass is 279 g/mol. The van der Waals surface area contributed by atoms with Crippen molar-refractivity contribution in [2.45, 2.75) is 13.0 Å². The molecule has 2 nitrogen and oxygen atoms in total. The molecule has 1 unspecified atom stereocenters. The van der Waals surface area contributed by atoms with E-state index in [4.69, 9.17) is 22.1 Å². The lowest BCUT2D eigenvalue weighted by molar-refractivity contribution is 0.411. The van der Waals surface area contributed by atoms with Crippen LogP contribution in [-0.4, -0.2) is 7.11 Å². The number of ether oxygens (including phenoxy) is 1. The van der Waals surface area contributed by atoms with Crippen molar-refractivity contribution >= 4 is 11.6 Å². The van der Waals surface area contributed by atoms with Crippen LogP contribution in [0, 0.1) is 5.82 Å². The van der Waals surface area contributed by atoms with Crippen LogP contribution in [0.15, 0.2) is 36.4 Å². The van der Waals surface area contributed by atoms with Crippen LogP contribution in [-0.2, 0) is 0 Å². The van der Waals surface area contributed by atoms with Gasteiger partial charge >= 0.3 is 0 Å². The highest BCUT2D eigenvalue weighted by molar-refractivity contribution is 6.31. The fourth-order valence-electron chi connectivity index (χ4n) is 1.92. The second kappa shape index (κ2) is 5.59. The van der Waals surface area contributed by atoms with Gasteiger partial charge in [0.1, 0.15) is 11.6 Å². The smallest absolute Gasteiger partial charge is 0.134 e. The van der Waals surface area contributed by atoms with Crippen LogP contribution in [0.3, 0.4) is 0 Å². The largest absolute Gasteiger partial charge is 0.497 e. The first kappa shape index (κ1) is 13.8. The summed E-state index contributed by atoms with van der Waals surface area (Å²) in [6, 6.07) is 9.95. The minimum Gasteiger partial charge on any atom is -0.497 e. The molecular formula is C15H15ClFNO. The van der Waals surface area contributed by atoms with Crippen molar-refractivity contribution in [2.75, 3.05) is 7.11 Å². The maximum absolute atomic E-state index is 14.0. The molecule has 0 amide bonds. The zero-order valence-electron chi connectivity index (χ0n) is 10.8. The third-order valence-corrected chi connectivity index (χ3v) is 3.31. The molecule has 0 bridgehead atoms. The molecule has 0 fully saturated rings. The lowest BCUT2D eigenvalue weighted by Gasteiger charge is -2.11. The van der Waals surface area contributed by atoms with Gasteiger partial charge in [-0.1, -0.05) is 23.7 Å². The highest BCUT2D eigenvalue weighted by Crippen LogP contribution is 2.31. The van der Waals surface area contributed by atoms with E-state index in [1.807, 2.05) is 19.1 Å². The van der Waals surface area contributed by atoms with Crippen LogP contribution >= 0.6 is 11.6 Å². The summed E-state index contributed by atoms with van der Waals surface area (Å²) < 4.78 is 18.9. The van der Waals surface area contributed by atoms with Gasteiger partial charge in [-0.25, -0.2) is 4.39 Å². The van der Waals surface area contributed by atoms with E-state index in [2.05, 4.69) is 0 Å². The lowest BCUT2D eigenvalue weighted by atomic mass is 10.0. The van der Waals surface area contributed by atoms with Crippen LogP contribution in [0.4, 0.5) is 4.39 Å². The predicted octanol–water partition coefficient (Wildman–Crippen LogP) is 4.17. The maximum atomic E-state index is 14.0. The second-order valence-electron chi connectivity index (χ2n) is 4.37. The fraction of sp³-hybridized carbons (Fsp3) is 0.200. The van der Waals surface area contributed by atoms with Gasteiger partial charge in [0.05, 0.1) is 7.11 Å². The average molecular weight is 280 g/mol. The molecule has 0 aliphatic carbocycles. The molecule has 0 aromatic heterocycles. The Kier molecular flexibility index (Phi) is 4.08. The van der Waals surface area contributed by atoms with Crippen molar-refractivity contribution in [1.29, 1.82) is 0 Å². The van der Waals surface area contributed by atoms with Crippen LogP contribution in [0.1, 0.15) is 18.5 Å². The third kappa shape index (κ3) is 2.88. The van der Waals surface area contributed by atoms with Gasteiger partial charge in [0.2, 0.25) is 0 Å². The minimum absolute atomic E-state index is 0.151. The van der Waals surface area contributed by atoms with Gasteiger partial charge in [0.25, 0.3) is 0 Å². The van der Waals surface area contributed by atoms with Crippen molar-refractivity contribution in [2.24, 2.45) is 5.73 Å². The Balaban J connectivity index is 2.45. The average Bonchev–Trinajstić information content (AvgIpc) is 2.37. The van der Waals surface area contributed by atoms with Crippen LogP contribution in [0.25, 0.3) is 11.1 Å². The summed E-state index contributed by atoms with van der Waals surface area (Å²) in [6.07, 6.45) is 0. The van der Waals surface area contributed by atoms with E-state index in [1.54, 1.807) is 18.2 Å². The van der Waals surface area contributed by atoms with Gasteiger partial charge in [-0.3, -0.25) is 0 Å². The number of hydrogen-bond acceptors (Lipinski definition) is 2. The highest BCUT2D eigenvalue weighted by atomic mass is 35.5. The van der Waals surface area contributed by atoms with E-state index in [0.29, 0.717) is 16.3 Å². The molecule has 0 saturated carbocycles. The van der Waals surface area contributed by atoms with Crippen molar-refractivity contribution in [3.05, 3.63) is 52.8 Å². The predicted molar refractivity (Wildman–Crippen MR) is 76.0 cm³/mol. The Morgan fingerprint density at radius 2 is 1.95 bits per heavy atom. The molecule has 19 heavy (non-hydrogen) atoms. The molecule has 0 spiro atoms.